The molecule has 3 aromatic carbocycles. The van der Waals surface area contributed by atoms with Crippen molar-refractivity contribution in [2.75, 3.05) is 0 Å². The third-order valence-electron chi connectivity index (χ3n) is 3.78. The van der Waals surface area contributed by atoms with Crippen molar-refractivity contribution in [1.82, 2.24) is 0 Å². The van der Waals surface area contributed by atoms with Crippen LogP contribution in [0, 0.1) is 10.1 Å². The van der Waals surface area contributed by atoms with Crippen LogP contribution in [0.5, 0.6) is 5.75 Å². The summed E-state index contributed by atoms with van der Waals surface area (Å²) in [6.45, 7) is 0.444. The quantitative estimate of drug-likeness (QED) is 0.407. The van der Waals surface area contributed by atoms with Gasteiger partial charge in [-0.05, 0) is 46.5 Å². The highest BCUT2D eigenvalue weighted by Crippen LogP contribution is 2.31. The fourth-order valence-corrected chi connectivity index (χ4v) is 2.75. The first kappa shape index (κ1) is 17.7. The smallest absolute Gasteiger partial charge is 0.235 e. The van der Waals surface area contributed by atoms with Crippen LogP contribution in [-0.2, 0) is 6.61 Å². The van der Waals surface area contributed by atoms with Crippen LogP contribution in [0.2, 0.25) is 5.02 Å². The summed E-state index contributed by atoms with van der Waals surface area (Å²) in [6, 6.07) is 22.7. The maximum Gasteiger partial charge on any atom is 0.235 e. The number of rotatable bonds is 6. The van der Waals surface area contributed by atoms with Gasteiger partial charge >= 0.3 is 0 Å². The van der Waals surface area contributed by atoms with Crippen molar-refractivity contribution in [3.05, 3.63) is 105 Å². The maximum atomic E-state index is 10.7. The van der Waals surface area contributed by atoms with Crippen molar-refractivity contribution < 1.29 is 9.66 Å². The molecule has 0 saturated carbocycles. The van der Waals surface area contributed by atoms with Gasteiger partial charge in [0.15, 0.2) is 0 Å². The molecule has 0 atom stereocenters. The van der Waals surface area contributed by atoms with E-state index in [-0.39, 0.29) is 0 Å². The molecule has 5 heteroatoms. The first-order chi connectivity index (χ1) is 12.6. The van der Waals surface area contributed by atoms with Crippen LogP contribution in [-0.4, -0.2) is 4.92 Å². The van der Waals surface area contributed by atoms with Gasteiger partial charge in [0.05, 0.1) is 4.92 Å². The van der Waals surface area contributed by atoms with Gasteiger partial charge in [0.25, 0.3) is 0 Å². The predicted molar refractivity (Wildman–Crippen MR) is 104 cm³/mol. The highest BCUT2D eigenvalue weighted by molar-refractivity contribution is 6.30. The van der Waals surface area contributed by atoms with E-state index in [9.17, 15) is 10.1 Å². The van der Waals surface area contributed by atoms with Crippen LogP contribution in [0.3, 0.4) is 0 Å². The van der Waals surface area contributed by atoms with E-state index in [1.165, 1.54) is 6.08 Å². The van der Waals surface area contributed by atoms with Crippen LogP contribution < -0.4 is 4.74 Å². The lowest BCUT2D eigenvalue weighted by atomic mass is 9.99. The number of ether oxygens (including phenoxy) is 1. The second kappa shape index (κ2) is 8.32. The van der Waals surface area contributed by atoms with Crippen molar-refractivity contribution >= 4 is 17.7 Å². The summed E-state index contributed by atoms with van der Waals surface area (Å²) in [6.07, 6.45) is 2.39. The van der Waals surface area contributed by atoms with E-state index in [1.54, 1.807) is 18.2 Å². The molecule has 0 aliphatic carbocycles. The normalized spacial score (nSPS) is 10.8. The summed E-state index contributed by atoms with van der Waals surface area (Å²) in [4.78, 5) is 10.2. The Morgan fingerprint density at radius 3 is 2.54 bits per heavy atom. The van der Waals surface area contributed by atoms with Crippen LogP contribution in [0.25, 0.3) is 17.2 Å². The number of benzene rings is 3. The largest absolute Gasteiger partial charge is 0.489 e. The standard InChI is InChI=1S/C21H16ClNO3/c22-19-8-4-7-18(13-19)21-14-20(10-9-17(21)11-12-23(24)25)26-15-16-5-2-1-3-6-16/h1-14H,15H2. The second-order valence-electron chi connectivity index (χ2n) is 5.63. The second-order valence-corrected chi connectivity index (χ2v) is 6.07. The number of nitrogens with zero attached hydrogens (tertiary/aromatic N) is 1. The number of hydrogen-bond donors (Lipinski definition) is 0. The minimum Gasteiger partial charge on any atom is -0.489 e. The van der Waals surface area contributed by atoms with Crippen molar-refractivity contribution in [2.24, 2.45) is 0 Å². The van der Waals surface area contributed by atoms with Crippen LogP contribution in [0.4, 0.5) is 0 Å². The first-order valence-electron chi connectivity index (χ1n) is 8.00. The molecule has 0 aromatic heterocycles. The third kappa shape index (κ3) is 4.71. The number of halogens is 1. The highest BCUT2D eigenvalue weighted by atomic mass is 35.5. The molecule has 26 heavy (non-hydrogen) atoms. The predicted octanol–water partition coefficient (Wildman–Crippen LogP) is 5.83. The number of nitro groups is 1. The molecule has 4 nitrogen and oxygen atoms in total. The summed E-state index contributed by atoms with van der Waals surface area (Å²) in [7, 11) is 0. The summed E-state index contributed by atoms with van der Waals surface area (Å²) < 4.78 is 5.87. The average Bonchev–Trinajstić information content (AvgIpc) is 2.66. The lowest BCUT2D eigenvalue weighted by molar-refractivity contribution is -0.400. The lowest BCUT2D eigenvalue weighted by Crippen LogP contribution is -1.96. The topological polar surface area (TPSA) is 52.4 Å². The van der Waals surface area contributed by atoms with Gasteiger partial charge < -0.3 is 4.74 Å². The molecule has 0 radical (unpaired) electrons. The molecule has 0 bridgehead atoms. The molecular formula is C21H16ClNO3. The van der Waals surface area contributed by atoms with Crippen molar-refractivity contribution in [1.29, 1.82) is 0 Å². The molecule has 0 amide bonds. The zero-order valence-corrected chi connectivity index (χ0v) is 14.6. The van der Waals surface area contributed by atoms with Gasteiger partial charge in [0.1, 0.15) is 12.4 Å². The zero-order chi connectivity index (χ0) is 18.4. The molecule has 0 fully saturated rings. The van der Waals surface area contributed by atoms with Gasteiger partial charge in [-0.3, -0.25) is 10.1 Å². The van der Waals surface area contributed by atoms with Gasteiger partial charge in [0.2, 0.25) is 6.20 Å². The van der Waals surface area contributed by atoms with Crippen LogP contribution in [0.15, 0.2) is 79.0 Å². The molecule has 3 rings (SSSR count). The fraction of sp³-hybridized carbons (Fsp3) is 0.0476. The minimum atomic E-state index is -0.485. The first-order valence-corrected chi connectivity index (χ1v) is 8.38. The van der Waals surface area contributed by atoms with Crippen LogP contribution >= 0.6 is 11.6 Å². The van der Waals surface area contributed by atoms with Gasteiger partial charge in [0, 0.05) is 11.1 Å². The maximum absolute atomic E-state index is 10.7. The average molecular weight is 366 g/mol. The Kier molecular flexibility index (Phi) is 5.66. The molecule has 0 heterocycles. The highest BCUT2D eigenvalue weighted by Gasteiger charge is 2.08. The Morgan fingerprint density at radius 1 is 1.00 bits per heavy atom. The summed E-state index contributed by atoms with van der Waals surface area (Å²) in [5, 5.41) is 11.3. The summed E-state index contributed by atoms with van der Waals surface area (Å²) >= 11 is 6.10. The van der Waals surface area contributed by atoms with E-state index in [2.05, 4.69) is 0 Å². The Bertz CT molecular complexity index is 939. The Hall–Kier alpha value is -3.11. The molecule has 0 spiro atoms. The van der Waals surface area contributed by atoms with E-state index in [0.717, 1.165) is 28.5 Å². The van der Waals surface area contributed by atoms with E-state index in [1.807, 2.05) is 54.6 Å². The molecule has 0 aliphatic heterocycles. The lowest BCUT2D eigenvalue weighted by Gasteiger charge is -2.11. The molecule has 0 N–H and O–H groups in total. The van der Waals surface area contributed by atoms with Gasteiger partial charge in [-0.2, -0.15) is 0 Å². The third-order valence-corrected chi connectivity index (χ3v) is 4.02. The van der Waals surface area contributed by atoms with Crippen molar-refractivity contribution in [2.45, 2.75) is 6.61 Å². The van der Waals surface area contributed by atoms with E-state index < -0.39 is 4.92 Å². The van der Waals surface area contributed by atoms with E-state index >= 15 is 0 Å². The van der Waals surface area contributed by atoms with Gasteiger partial charge in [-0.25, -0.2) is 0 Å². The molecule has 3 aromatic rings. The number of hydrogen-bond acceptors (Lipinski definition) is 3. The minimum absolute atomic E-state index is 0.444. The molecule has 0 unspecified atom stereocenters. The van der Waals surface area contributed by atoms with Crippen molar-refractivity contribution in [3.63, 3.8) is 0 Å². The van der Waals surface area contributed by atoms with Crippen molar-refractivity contribution in [3.8, 4) is 16.9 Å². The monoisotopic (exact) mass is 365 g/mol. The van der Waals surface area contributed by atoms with Gasteiger partial charge in [-0.1, -0.05) is 60.1 Å². The molecule has 0 saturated heterocycles. The zero-order valence-electron chi connectivity index (χ0n) is 13.8. The van der Waals surface area contributed by atoms with Gasteiger partial charge in [-0.15, -0.1) is 0 Å². The van der Waals surface area contributed by atoms with Crippen LogP contribution in [0.1, 0.15) is 11.1 Å². The molecule has 0 aliphatic rings. The molecule has 130 valence electrons. The SMILES string of the molecule is O=[N+]([O-])C=Cc1ccc(OCc2ccccc2)cc1-c1cccc(Cl)c1. The Labute approximate surface area is 156 Å². The molecular weight excluding hydrogens is 350 g/mol. The Balaban J connectivity index is 1.93. The fourth-order valence-electron chi connectivity index (χ4n) is 2.56. The van der Waals surface area contributed by atoms with E-state index in [0.29, 0.717) is 17.4 Å². The Morgan fingerprint density at radius 2 is 1.81 bits per heavy atom. The van der Waals surface area contributed by atoms with E-state index in [4.69, 9.17) is 16.3 Å². The summed E-state index contributed by atoms with van der Waals surface area (Å²) in [5.74, 6) is 0.682. The summed E-state index contributed by atoms with van der Waals surface area (Å²) in [5.41, 5.74) is 3.46.